The smallest absolute Gasteiger partial charge is 0.418 e. The Kier molecular flexibility index (Phi) is 9.25. The first-order valence-electron chi connectivity index (χ1n) is 9.67. The van der Waals surface area contributed by atoms with E-state index in [1.165, 1.54) is 28.5 Å². The lowest BCUT2D eigenvalue weighted by Gasteiger charge is -2.23. The summed E-state index contributed by atoms with van der Waals surface area (Å²) in [5, 5.41) is 4.31. The molecule has 0 bridgehead atoms. The number of urea groups is 1. The molecule has 0 atom stereocenters. The molecule has 2 aromatic rings. The van der Waals surface area contributed by atoms with Gasteiger partial charge in [0.05, 0.1) is 24.4 Å². The minimum Gasteiger partial charge on any atom is -0.461 e. The van der Waals surface area contributed by atoms with Gasteiger partial charge in [0.15, 0.2) is 5.69 Å². The molecule has 0 radical (unpaired) electrons. The number of nitrogens with one attached hydrogen (secondary N) is 1. The number of nitrogens with zero attached hydrogens (tertiary/aromatic N) is 2. The van der Waals surface area contributed by atoms with Crippen LogP contribution in [0.1, 0.15) is 41.3 Å². The number of ether oxygens (including phenoxy) is 2. The third-order valence-corrected chi connectivity index (χ3v) is 4.88. The van der Waals surface area contributed by atoms with Crippen molar-refractivity contribution in [3.8, 4) is 0 Å². The summed E-state index contributed by atoms with van der Waals surface area (Å²) in [7, 11) is 0. The second kappa shape index (κ2) is 11.7. The number of hydrogen-bond acceptors (Lipinski definition) is 6. The highest BCUT2D eigenvalue weighted by Crippen LogP contribution is 2.34. The predicted octanol–water partition coefficient (Wildman–Crippen LogP) is 4.80. The zero-order valence-corrected chi connectivity index (χ0v) is 18.0. The molecule has 0 saturated carbocycles. The number of carbonyl (C=O) groups is 2. The van der Waals surface area contributed by atoms with Crippen molar-refractivity contribution >= 4 is 29.0 Å². The lowest BCUT2D eigenvalue weighted by molar-refractivity contribution is -0.136. The van der Waals surface area contributed by atoms with Crippen molar-refractivity contribution in [2.45, 2.75) is 33.0 Å². The number of para-hydroxylation sites is 1. The molecule has 0 fully saturated rings. The molecule has 170 valence electrons. The van der Waals surface area contributed by atoms with Crippen LogP contribution in [0.2, 0.25) is 0 Å². The number of alkyl halides is 3. The molecule has 0 aliphatic carbocycles. The van der Waals surface area contributed by atoms with Gasteiger partial charge in [-0.3, -0.25) is 0 Å². The first-order valence-corrected chi connectivity index (χ1v) is 10.6. The van der Waals surface area contributed by atoms with Crippen molar-refractivity contribution in [2.24, 2.45) is 0 Å². The van der Waals surface area contributed by atoms with E-state index in [9.17, 15) is 22.8 Å². The average Bonchev–Trinajstić information content (AvgIpc) is 3.19. The molecular weight excluding hydrogens is 435 g/mol. The lowest BCUT2D eigenvalue weighted by Crippen LogP contribution is -2.36. The number of halogens is 3. The molecule has 1 aromatic carbocycles. The zero-order chi connectivity index (χ0) is 22.9. The molecular formula is C20H24F3N3O4S. The van der Waals surface area contributed by atoms with Crippen LogP contribution >= 0.6 is 11.3 Å². The van der Waals surface area contributed by atoms with Gasteiger partial charge in [0.1, 0.15) is 5.01 Å². The van der Waals surface area contributed by atoms with Crippen molar-refractivity contribution < 1.29 is 32.2 Å². The fourth-order valence-corrected chi connectivity index (χ4v) is 3.41. The number of amides is 2. The Bertz CT molecular complexity index is 873. The van der Waals surface area contributed by atoms with Crippen LogP contribution in [0.25, 0.3) is 0 Å². The van der Waals surface area contributed by atoms with E-state index in [0.717, 1.165) is 17.4 Å². The topological polar surface area (TPSA) is 80.8 Å². The molecule has 0 aliphatic rings. The van der Waals surface area contributed by atoms with Gasteiger partial charge < -0.3 is 19.7 Å². The summed E-state index contributed by atoms with van der Waals surface area (Å²) in [6.07, 6.45) is -4.12. The number of anilines is 1. The minimum atomic E-state index is -4.60. The van der Waals surface area contributed by atoms with Crippen LogP contribution in [-0.4, -0.2) is 48.2 Å². The monoisotopic (exact) mass is 459 g/mol. The van der Waals surface area contributed by atoms with Crippen LogP contribution < -0.4 is 5.32 Å². The van der Waals surface area contributed by atoms with Crippen LogP contribution in [0.5, 0.6) is 0 Å². The van der Waals surface area contributed by atoms with Gasteiger partial charge in [0.2, 0.25) is 0 Å². The Morgan fingerprint density at radius 3 is 2.61 bits per heavy atom. The number of aromatic nitrogens is 1. The number of thiazole rings is 1. The van der Waals surface area contributed by atoms with Crippen LogP contribution in [0.4, 0.5) is 23.7 Å². The van der Waals surface area contributed by atoms with E-state index in [1.807, 2.05) is 6.92 Å². The SMILES string of the molecule is CCOCCCN(Cc1nc(C(=O)OCC)cs1)C(=O)Nc1ccccc1C(F)(F)F. The molecule has 1 N–H and O–H groups in total. The maximum absolute atomic E-state index is 13.2. The molecule has 1 aromatic heterocycles. The summed E-state index contributed by atoms with van der Waals surface area (Å²) < 4.78 is 49.9. The molecule has 0 unspecified atom stereocenters. The van der Waals surface area contributed by atoms with Gasteiger partial charge in [-0.25, -0.2) is 14.6 Å². The van der Waals surface area contributed by atoms with Crippen molar-refractivity contribution in [3.63, 3.8) is 0 Å². The van der Waals surface area contributed by atoms with E-state index in [0.29, 0.717) is 24.6 Å². The molecule has 0 saturated heterocycles. The highest BCUT2D eigenvalue weighted by Gasteiger charge is 2.34. The number of esters is 1. The Morgan fingerprint density at radius 2 is 1.94 bits per heavy atom. The standard InChI is InChI=1S/C20H24F3N3O4S/c1-3-29-11-7-10-26(12-17-24-16(13-31-17)18(27)30-4-2)19(28)25-15-9-6-5-8-14(15)20(21,22)23/h5-6,8-9,13H,3-4,7,10-12H2,1-2H3,(H,25,28). The van der Waals surface area contributed by atoms with Crippen LogP contribution in [0, 0.1) is 0 Å². The van der Waals surface area contributed by atoms with E-state index in [4.69, 9.17) is 9.47 Å². The van der Waals surface area contributed by atoms with Crippen molar-refractivity contribution in [1.82, 2.24) is 9.88 Å². The third kappa shape index (κ3) is 7.51. The Balaban J connectivity index is 2.16. The molecule has 0 aliphatic heterocycles. The van der Waals surface area contributed by atoms with E-state index >= 15 is 0 Å². The summed E-state index contributed by atoms with van der Waals surface area (Å²) in [6, 6.07) is 4.06. The van der Waals surface area contributed by atoms with Crippen LogP contribution in [0.15, 0.2) is 29.6 Å². The van der Waals surface area contributed by atoms with E-state index in [2.05, 4.69) is 10.3 Å². The van der Waals surface area contributed by atoms with Gasteiger partial charge >= 0.3 is 18.2 Å². The number of carbonyl (C=O) groups excluding carboxylic acids is 2. The van der Waals surface area contributed by atoms with Gasteiger partial charge in [-0.05, 0) is 32.4 Å². The van der Waals surface area contributed by atoms with Crippen molar-refractivity contribution in [3.05, 3.63) is 45.9 Å². The lowest BCUT2D eigenvalue weighted by atomic mass is 10.1. The Labute approximate surface area is 182 Å². The Morgan fingerprint density at radius 1 is 1.19 bits per heavy atom. The summed E-state index contributed by atoms with van der Waals surface area (Å²) in [5.74, 6) is -0.573. The quantitative estimate of drug-likeness (QED) is 0.408. The van der Waals surface area contributed by atoms with Crippen LogP contribution in [-0.2, 0) is 22.2 Å². The molecule has 7 nitrogen and oxygen atoms in total. The fraction of sp³-hybridized carbons (Fsp3) is 0.450. The molecule has 0 spiro atoms. The first-order chi connectivity index (χ1) is 14.8. The second-order valence-corrected chi connectivity index (χ2v) is 7.24. The van der Waals surface area contributed by atoms with Gasteiger partial charge in [0.25, 0.3) is 0 Å². The molecule has 2 amide bonds. The van der Waals surface area contributed by atoms with Gasteiger partial charge in [-0.2, -0.15) is 13.2 Å². The third-order valence-electron chi connectivity index (χ3n) is 4.04. The van der Waals surface area contributed by atoms with Gasteiger partial charge in [0, 0.05) is 25.1 Å². The second-order valence-electron chi connectivity index (χ2n) is 6.29. The highest BCUT2D eigenvalue weighted by molar-refractivity contribution is 7.09. The molecule has 31 heavy (non-hydrogen) atoms. The van der Waals surface area contributed by atoms with Crippen molar-refractivity contribution in [2.75, 3.05) is 31.7 Å². The normalized spacial score (nSPS) is 11.3. The van der Waals surface area contributed by atoms with Crippen molar-refractivity contribution in [1.29, 1.82) is 0 Å². The summed E-state index contributed by atoms with van der Waals surface area (Å²) >= 11 is 1.16. The predicted molar refractivity (Wildman–Crippen MR) is 110 cm³/mol. The first kappa shape index (κ1) is 24.6. The van der Waals surface area contributed by atoms with Gasteiger partial charge in [-0.1, -0.05) is 12.1 Å². The fourth-order valence-electron chi connectivity index (χ4n) is 2.63. The van der Waals surface area contributed by atoms with Gasteiger partial charge in [-0.15, -0.1) is 11.3 Å². The largest absolute Gasteiger partial charge is 0.461 e. The summed E-state index contributed by atoms with van der Waals surface area (Å²) in [5.41, 5.74) is -1.14. The maximum atomic E-state index is 13.2. The number of rotatable bonds is 10. The molecule has 2 rings (SSSR count). The van der Waals surface area contributed by atoms with E-state index in [1.54, 1.807) is 6.92 Å². The molecule has 11 heteroatoms. The van der Waals surface area contributed by atoms with Crippen LogP contribution in [0.3, 0.4) is 0 Å². The zero-order valence-electron chi connectivity index (χ0n) is 17.2. The summed E-state index contributed by atoms with van der Waals surface area (Å²) in [6.45, 7) is 4.88. The number of hydrogen-bond donors (Lipinski definition) is 1. The number of benzene rings is 1. The summed E-state index contributed by atoms with van der Waals surface area (Å²) in [4.78, 5) is 30.1. The van der Waals surface area contributed by atoms with E-state index < -0.39 is 23.7 Å². The highest BCUT2D eigenvalue weighted by atomic mass is 32.1. The minimum absolute atomic E-state index is 0.0240. The maximum Gasteiger partial charge on any atom is 0.418 e. The molecule has 1 heterocycles. The Hall–Kier alpha value is -2.66. The van der Waals surface area contributed by atoms with E-state index in [-0.39, 0.29) is 31.1 Å². The average molecular weight is 459 g/mol.